The first-order valence-corrected chi connectivity index (χ1v) is 3.65. The maximum absolute atomic E-state index is 5.14. The molecule has 62 valence electrons. The topological polar surface area (TPSA) is 35.2 Å². The molecule has 1 saturated carbocycles. The summed E-state index contributed by atoms with van der Waals surface area (Å²) in [7, 11) is 0. The van der Waals surface area contributed by atoms with E-state index in [9.17, 15) is 0 Å². The van der Waals surface area contributed by atoms with Gasteiger partial charge in [0.1, 0.15) is 0 Å². The van der Waals surface area contributed by atoms with E-state index in [2.05, 4.69) is 6.92 Å². The van der Waals surface area contributed by atoms with E-state index >= 15 is 0 Å². The van der Waals surface area contributed by atoms with Crippen molar-refractivity contribution in [3.8, 4) is 0 Å². The summed E-state index contributed by atoms with van der Waals surface area (Å²) >= 11 is 0. The summed E-state index contributed by atoms with van der Waals surface area (Å²) in [6.07, 6.45) is 6.15. The summed E-state index contributed by atoms with van der Waals surface area (Å²) in [6.45, 7) is 2.09. The van der Waals surface area contributed by atoms with Crippen molar-refractivity contribution >= 4 is 12.4 Å². The molecule has 1 fully saturated rings. The standard InChI is InChI=1S/C7H15NO.ClH/c1-7(9-8)5-3-2-4-6-7;/h2-6,8H2,1H3;1H. The maximum Gasteiger partial charge on any atom is 0.0865 e. The fourth-order valence-corrected chi connectivity index (χ4v) is 1.42. The van der Waals surface area contributed by atoms with Crippen LogP contribution in [0.2, 0.25) is 0 Å². The average molecular weight is 166 g/mol. The molecule has 3 heteroatoms. The molecule has 0 aromatic rings. The molecule has 0 aliphatic heterocycles. The largest absolute Gasteiger partial charge is 0.298 e. The second-order valence-corrected chi connectivity index (χ2v) is 3.13. The van der Waals surface area contributed by atoms with Gasteiger partial charge in [-0.1, -0.05) is 19.3 Å². The van der Waals surface area contributed by atoms with Crippen LogP contribution in [0.15, 0.2) is 0 Å². The molecule has 0 amide bonds. The number of nitrogens with two attached hydrogens (primary N) is 1. The SMILES string of the molecule is CC1(ON)CCCCC1.Cl. The van der Waals surface area contributed by atoms with E-state index in [4.69, 9.17) is 10.7 Å². The summed E-state index contributed by atoms with van der Waals surface area (Å²) in [5.41, 5.74) is -0.00174. The van der Waals surface area contributed by atoms with Crippen LogP contribution in [0, 0.1) is 0 Å². The van der Waals surface area contributed by atoms with E-state index in [0.29, 0.717) is 0 Å². The van der Waals surface area contributed by atoms with Crippen LogP contribution in [0.5, 0.6) is 0 Å². The van der Waals surface area contributed by atoms with Crippen molar-refractivity contribution in [1.82, 2.24) is 0 Å². The van der Waals surface area contributed by atoms with Gasteiger partial charge >= 0.3 is 0 Å². The normalized spacial score (nSPS) is 23.4. The minimum Gasteiger partial charge on any atom is -0.298 e. The second kappa shape index (κ2) is 4.16. The lowest BCUT2D eigenvalue weighted by atomic mass is 9.87. The summed E-state index contributed by atoms with van der Waals surface area (Å²) in [6, 6.07) is 0. The lowest BCUT2D eigenvalue weighted by Gasteiger charge is -2.30. The summed E-state index contributed by atoms with van der Waals surface area (Å²) in [5, 5.41) is 0. The number of hydrogen-bond acceptors (Lipinski definition) is 2. The zero-order chi connectivity index (χ0) is 6.74. The third-order valence-electron chi connectivity index (χ3n) is 2.20. The molecule has 0 aromatic heterocycles. The highest BCUT2D eigenvalue weighted by molar-refractivity contribution is 5.85. The highest BCUT2D eigenvalue weighted by atomic mass is 35.5. The Morgan fingerprint density at radius 2 is 1.70 bits per heavy atom. The molecule has 0 heterocycles. The highest BCUT2D eigenvalue weighted by Gasteiger charge is 2.26. The minimum atomic E-state index is -0.00174. The van der Waals surface area contributed by atoms with Gasteiger partial charge in [-0.15, -0.1) is 12.4 Å². The van der Waals surface area contributed by atoms with E-state index in [1.807, 2.05) is 0 Å². The number of halogens is 1. The van der Waals surface area contributed by atoms with Crippen LogP contribution in [0.25, 0.3) is 0 Å². The van der Waals surface area contributed by atoms with Gasteiger partial charge in [0.25, 0.3) is 0 Å². The van der Waals surface area contributed by atoms with Crippen molar-refractivity contribution in [2.75, 3.05) is 0 Å². The molecule has 1 aliphatic carbocycles. The van der Waals surface area contributed by atoms with Crippen molar-refractivity contribution in [2.24, 2.45) is 5.90 Å². The molecule has 0 radical (unpaired) electrons. The van der Waals surface area contributed by atoms with Crippen molar-refractivity contribution in [1.29, 1.82) is 0 Å². The van der Waals surface area contributed by atoms with Crippen molar-refractivity contribution in [3.05, 3.63) is 0 Å². The summed E-state index contributed by atoms with van der Waals surface area (Å²) < 4.78 is 0. The molecule has 2 nitrogen and oxygen atoms in total. The molecule has 10 heavy (non-hydrogen) atoms. The summed E-state index contributed by atoms with van der Waals surface area (Å²) in [4.78, 5) is 4.88. The molecule has 0 spiro atoms. The van der Waals surface area contributed by atoms with E-state index in [0.717, 1.165) is 12.8 Å². The molecule has 1 rings (SSSR count). The Morgan fingerprint density at radius 3 is 2.00 bits per heavy atom. The Morgan fingerprint density at radius 1 is 1.20 bits per heavy atom. The van der Waals surface area contributed by atoms with Crippen LogP contribution in [0.4, 0.5) is 0 Å². The van der Waals surface area contributed by atoms with E-state index in [1.165, 1.54) is 19.3 Å². The second-order valence-electron chi connectivity index (χ2n) is 3.13. The minimum absolute atomic E-state index is 0. The third-order valence-corrected chi connectivity index (χ3v) is 2.20. The Kier molecular flexibility index (Phi) is 4.25. The smallest absolute Gasteiger partial charge is 0.0865 e. The van der Waals surface area contributed by atoms with Gasteiger partial charge in [-0.2, -0.15) is 0 Å². The van der Waals surface area contributed by atoms with Gasteiger partial charge in [0.15, 0.2) is 0 Å². The summed E-state index contributed by atoms with van der Waals surface area (Å²) in [5.74, 6) is 5.14. The number of hydrogen-bond donors (Lipinski definition) is 1. The molecule has 0 unspecified atom stereocenters. The van der Waals surface area contributed by atoms with Crippen LogP contribution in [0.1, 0.15) is 39.0 Å². The van der Waals surface area contributed by atoms with Crippen LogP contribution in [-0.4, -0.2) is 5.60 Å². The quantitative estimate of drug-likeness (QED) is 0.604. The third kappa shape index (κ3) is 2.45. The maximum atomic E-state index is 5.14. The Hall–Kier alpha value is 0.210. The van der Waals surface area contributed by atoms with Crippen LogP contribution in [0.3, 0.4) is 0 Å². The van der Waals surface area contributed by atoms with E-state index in [-0.39, 0.29) is 18.0 Å². The van der Waals surface area contributed by atoms with Crippen molar-refractivity contribution in [3.63, 3.8) is 0 Å². The van der Waals surface area contributed by atoms with Gasteiger partial charge in [-0.25, -0.2) is 5.90 Å². The first-order chi connectivity index (χ1) is 4.27. The Bertz CT molecular complexity index is 91.6. The van der Waals surface area contributed by atoms with Gasteiger partial charge in [0, 0.05) is 0 Å². The van der Waals surface area contributed by atoms with Gasteiger partial charge in [0.05, 0.1) is 5.60 Å². The monoisotopic (exact) mass is 165 g/mol. The average Bonchev–Trinajstić information content (AvgIpc) is 1.90. The van der Waals surface area contributed by atoms with Crippen LogP contribution < -0.4 is 5.90 Å². The highest BCUT2D eigenvalue weighted by Crippen LogP contribution is 2.29. The van der Waals surface area contributed by atoms with Crippen molar-refractivity contribution < 1.29 is 4.84 Å². The lowest BCUT2D eigenvalue weighted by molar-refractivity contribution is -0.0584. The zero-order valence-corrected chi connectivity index (χ0v) is 7.25. The van der Waals surface area contributed by atoms with Gasteiger partial charge in [-0.05, 0) is 19.8 Å². The molecule has 0 bridgehead atoms. The van der Waals surface area contributed by atoms with E-state index in [1.54, 1.807) is 0 Å². The Balaban J connectivity index is 0.000000810. The van der Waals surface area contributed by atoms with E-state index < -0.39 is 0 Å². The van der Waals surface area contributed by atoms with Gasteiger partial charge in [-0.3, -0.25) is 4.84 Å². The molecule has 0 aromatic carbocycles. The molecule has 0 saturated heterocycles. The molecule has 1 aliphatic rings. The first kappa shape index (κ1) is 10.2. The molecule has 2 N–H and O–H groups in total. The van der Waals surface area contributed by atoms with Gasteiger partial charge < -0.3 is 0 Å². The molecular formula is C7H16ClNO. The van der Waals surface area contributed by atoms with Crippen LogP contribution >= 0.6 is 12.4 Å². The molecule has 0 atom stereocenters. The lowest BCUT2D eigenvalue weighted by Crippen LogP contribution is -2.33. The Labute approximate surface area is 68.5 Å². The fourth-order valence-electron chi connectivity index (χ4n) is 1.42. The predicted molar refractivity (Wildman–Crippen MR) is 44.0 cm³/mol. The molecular weight excluding hydrogens is 150 g/mol. The predicted octanol–water partition coefficient (Wildman–Crippen LogP) is 2.02. The number of rotatable bonds is 1. The fraction of sp³-hybridized carbons (Fsp3) is 1.00. The van der Waals surface area contributed by atoms with Gasteiger partial charge in [0.2, 0.25) is 0 Å². The van der Waals surface area contributed by atoms with Crippen molar-refractivity contribution in [2.45, 2.75) is 44.6 Å². The first-order valence-electron chi connectivity index (χ1n) is 3.65. The zero-order valence-electron chi connectivity index (χ0n) is 6.43. The van der Waals surface area contributed by atoms with Crippen LogP contribution in [-0.2, 0) is 4.84 Å².